The zero-order valence-corrected chi connectivity index (χ0v) is 8.04. The molecule has 0 unspecified atom stereocenters. The summed E-state index contributed by atoms with van der Waals surface area (Å²) in [6.07, 6.45) is 3.35. The molecule has 0 bridgehead atoms. The van der Waals surface area contributed by atoms with Crippen LogP contribution in [0.25, 0.3) is 0 Å². The molecule has 2 heteroatoms. The lowest BCUT2D eigenvalue weighted by Gasteiger charge is -1.84. The quantitative estimate of drug-likeness (QED) is 0.414. The number of hydrogen-bond donors (Lipinski definition) is 0. The first-order valence-electron chi connectivity index (χ1n) is 2.74. The lowest BCUT2D eigenvalue weighted by Crippen LogP contribution is -1.71. The zero-order valence-electron chi connectivity index (χ0n) is 5.06. The van der Waals surface area contributed by atoms with Gasteiger partial charge < -0.3 is 0 Å². The molecule has 0 amide bonds. The van der Waals surface area contributed by atoms with Gasteiger partial charge in [0.05, 0.1) is 0 Å². The Morgan fingerprint density at radius 3 is 2.88 bits per heavy atom. The Morgan fingerprint density at radius 2 is 2.38 bits per heavy atom. The number of hydrogen-bond acceptors (Lipinski definition) is 1. The van der Waals surface area contributed by atoms with Gasteiger partial charge in [0.2, 0.25) is 0 Å². The van der Waals surface area contributed by atoms with Crippen molar-refractivity contribution in [1.82, 2.24) is 0 Å². The van der Waals surface area contributed by atoms with Gasteiger partial charge in [-0.3, -0.25) is 0 Å². The number of rotatable bonds is 4. The summed E-state index contributed by atoms with van der Waals surface area (Å²) in [4.78, 5) is 0. The van der Waals surface area contributed by atoms with Crippen molar-refractivity contribution in [2.24, 2.45) is 0 Å². The summed E-state index contributed by atoms with van der Waals surface area (Å²) in [7, 11) is 0. The number of thioether (sulfide) groups is 1. The van der Waals surface area contributed by atoms with Crippen LogP contribution in [-0.2, 0) is 0 Å². The third-order valence-corrected chi connectivity index (χ3v) is 2.72. The SMILES string of the molecule is CC/C=C\SCCI. The molecular formula is C6H11IS. The van der Waals surface area contributed by atoms with Gasteiger partial charge in [-0.05, 0) is 11.8 Å². The summed E-state index contributed by atoms with van der Waals surface area (Å²) in [5.74, 6) is 1.25. The second-order valence-corrected chi connectivity index (χ2v) is 3.43. The van der Waals surface area contributed by atoms with Crippen LogP contribution in [0.1, 0.15) is 13.3 Å². The smallest absolute Gasteiger partial charge is 0.00896 e. The van der Waals surface area contributed by atoms with Crippen LogP contribution < -0.4 is 0 Å². The molecule has 0 N–H and O–H groups in total. The van der Waals surface area contributed by atoms with Crippen LogP contribution >= 0.6 is 34.4 Å². The van der Waals surface area contributed by atoms with Gasteiger partial charge in [0.1, 0.15) is 0 Å². The molecule has 0 aromatic carbocycles. The predicted molar refractivity (Wildman–Crippen MR) is 50.8 cm³/mol. The molecule has 0 aliphatic rings. The second kappa shape index (κ2) is 7.82. The molecule has 0 aliphatic heterocycles. The van der Waals surface area contributed by atoms with E-state index in [1.165, 1.54) is 10.2 Å². The van der Waals surface area contributed by atoms with Gasteiger partial charge in [-0.1, -0.05) is 35.6 Å². The molecule has 0 aliphatic carbocycles. The van der Waals surface area contributed by atoms with Gasteiger partial charge in [-0.2, -0.15) is 0 Å². The first-order valence-corrected chi connectivity index (χ1v) is 5.31. The molecule has 0 rings (SSSR count). The summed E-state index contributed by atoms with van der Waals surface area (Å²) in [5.41, 5.74) is 0. The minimum Gasteiger partial charge on any atom is -0.134 e. The summed E-state index contributed by atoms with van der Waals surface area (Å²) in [6.45, 7) is 2.15. The standard InChI is InChI=1S/C6H11IS/c1-2-3-5-8-6-4-7/h3,5H,2,4,6H2,1H3/b5-3-. The zero-order chi connectivity index (χ0) is 6.24. The molecule has 0 saturated carbocycles. The van der Waals surface area contributed by atoms with Gasteiger partial charge in [-0.15, -0.1) is 11.8 Å². The number of alkyl halides is 1. The molecule has 0 fully saturated rings. The van der Waals surface area contributed by atoms with Gasteiger partial charge in [0.15, 0.2) is 0 Å². The van der Waals surface area contributed by atoms with Crippen molar-refractivity contribution in [3.05, 3.63) is 11.5 Å². The highest BCUT2D eigenvalue weighted by atomic mass is 127. The Labute approximate surface area is 69.3 Å². The molecule has 0 spiro atoms. The number of allylic oxidation sites excluding steroid dienone is 1. The van der Waals surface area contributed by atoms with E-state index < -0.39 is 0 Å². The second-order valence-electron chi connectivity index (χ2n) is 1.34. The third kappa shape index (κ3) is 6.82. The molecule has 48 valence electrons. The van der Waals surface area contributed by atoms with E-state index in [1.54, 1.807) is 0 Å². The van der Waals surface area contributed by atoms with Crippen LogP contribution in [0.5, 0.6) is 0 Å². The van der Waals surface area contributed by atoms with Crippen LogP contribution in [-0.4, -0.2) is 10.2 Å². The highest BCUT2D eigenvalue weighted by Gasteiger charge is 1.75. The Balaban J connectivity index is 2.80. The minimum atomic E-state index is 1.16. The lowest BCUT2D eigenvalue weighted by atomic mass is 10.5. The predicted octanol–water partition coefficient (Wildman–Crippen LogP) is 3.08. The Kier molecular flexibility index (Phi) is 8.62. The molecule has 0 saturated heterocycles. The van der Waals surface area contributed by atoms with Gasteiger partial charge in [0, 0.05) is 10.2 Å². The van der Waals surface area contributed by atoms with E-state index >= 15 is 0 Å². The molecule has 0 heterocycles. The summed E-state index contributed by atoms with van der Waals surface area (Å²) < 4.78 is 1.25. The fourth-order valence-corrected chi connectivity index (χ4v) is 1.59. The van der Waals surface area contributed by atoms with E-state index in [4.69, 9.17) is 0 Å². The average molecular weight is 242 g/mol. The van der Waals surface area contributed by atoms with Crippen LogP contribution in [0.4, 0.5) is 0 Å². The fraction of sp³-hybridized carbons (Fsp3) is 0.667. The maximum atomic E-state index is 2.38. The summed E-state index contributed by atoms with van der Waals surface area (Å²) >= 11 is 4.27. The molecule has 8 heavy (non-hydrogen) atoms. The van der Waals surface area contributed by atoms with E-state index in [1.807, 2.05) is 11.8 Å². The molecule has 0 aromatic heterocycles. The van der Waals surface area contributed by atoms with Crippen molar-refractivity contribution in [2.45, 2.75) is 13.3 Å². The van der Waals surface area contributed by atoms with Gasteiger partial charge >= 0.3 is 0 Å². The lowest BCUT2D eigenvalue weighted by molar-refractivity contribution is 1.23. The topological polar surface area (TPSA) is 0 Å². The van der Waals surface area contributed by atoms with Crippen molar-refractivity contribution < 1.29 is 0 Å². The minimum absolute atomic E-state index is 1.16. The normalized spacial score (nSPS) is 10.8. The monoisotopic (exact) mass is 242 g/mol. The van der Waals surface area contributed by atoms with E-state index in [9.17, 15) is 0 Å². The van der Waals surface area contributed by atoms with Crippen LogP contribution in [0, 0.1) is 0 Å². The average Bonchev–Trinajstić information content (AvgIpc) is 1.81. The third-order valence-electron chi connectivity index (χ3n) is 0.623. The van der Waals surface area contributed by atoms with E-state index in [0.717, 1.165) is 6.42 Å². The van der Waals surface area contributed by atoms with Gasteiger partial charge in [-0.25, -0.2) is 0 Å². The van der Waals surface area contributed by atoms with Crippen LogP contribution in [0.2, 0.25) is 0 Å². The van der Waals surface area contributed by atoms with E-state index in [-0.39, 0.29) is 0 Å². The summed E-state index contributed by atoms with van der Waals surface area (Å²) in [5, 5.41) is 2.18. The van der Waals surface area contributed by atoms with Crippen LogP contribution in [0.15, 0.2) is 11.5 Å². The van der Waals surface area contributed by atoms with E-state index in [0.29, 0.717) is 0 Å². The fourth-order valence-electron chi connectivity index (χ4n) is 0.277. The molecular weight excluding hydrogens is 231 g/mol. The van der Waals surface area contributed by atoms with Gasteiger partial charge in [0.25, 0.3) is 0 Å². The largest absolute Gasteiger partial charge is 0.134 e. The first kappa shape index (κ1) is 8.82. The van der Waals surface area contributed by atoms with E-state index in [2.05, 4.69) is 41.0 Å². The van der Waals surface area contributed by atoms with Crippen molar-refractivity contribution in [1.29, 1.82) is 0 Å². The molecule has 0 aromatic rings. The Hall–Kier alpha value is 0.820. The van der Waals surface area contributed by atoms with Crippen molar-refractivity contribution in [2.75, 3.05) is 10.2 Å². The number of halogens is 1. The summed E-state index contributed by atoms with van der Waals surface area (Å²) in [6, 6.07) is 0. The highest BCUT2D eigenvalue weighted by molar-refractivity contribution is 14.1. The first-order chi connectivity index (χ1) is 3.91. The van der Waals surface area contributed by atoms with Crippen molar-refractivity contribution >= 4 is 34.4 Å². The molecule has 0 atom stereocenters. The maximum Gasteiger partial charge on any atom is 0.00896 e. The molecule has 0 nitrogen and oxygen atoms in total. The van der Waals surface area contributed by atoms with Crippen LogP contribution in [0.3, 0.4) is 0 Å². The van der Waals surface area contributed by atoms with Crippen molar-refractivity contribution in [3.8, 4) is 0 Å². The van der Waals surface area contributed by atoms with Crippen molar-refractivity contribution in [3.63, 3.8) is 0 Å². The molecule has 0 radical (unpaired) electrons. The highest BCUT2D eigenvalue weighted by Crippen LogP contribution is 2.03. The Bertz CT molecular complexity index is 61.5. The Morgan fingerprint density at radius 1 is 1.62 bits per heavy atom. The maximum absolute atomic E-state index is 2.38.